The third kappa shape index (κ3) is 3.95. The molecule has 2 aromatic heterocycles. The van der Waals surface area contributed by atoms with Gasteiger partial charge in [0.1, 0.15) is 5.65 Å². The van der Waals surface area contributed by atoms with E-state index in [1.54, 1.807) is 0 Å². The van der Waals surface area contributed by atoms with Crippen LogP contribution in [-0.4, -0.2) is 63.3 Å². The van der Waals surface area contributed by atoms with Gasteiger partial charge in [-0.25, -0.2) is 17.7 Å². The van der Waals surface area contributed by atoms with Crippen LogP contribution in [0.4, 0.5) is 5.95 Å². The average Bonchev–Trinajstić information content (AvgIpc) is 3.12. The van der Waals surface area contributed by atoms with E-state index in [1.165, 1.54) is 13.1 Å². The summed E-state index contributed by atoms with van der Waals surface area (Å²) in [6.07, 6.45) is -6.37. The highest BCUT2D eigenvalue weighted by molar-refractivity contribution is 7.88. The number of aromatic nitrogens is 3. The lowest BCUT2D eigenvalue weighted by atomic mass is 9.99. The summed E-state index contributed by atoms with van der Waals surface area (Å²) in [5, 5.41) is 13.6. The predicted molar refractivity (Wildman–Crippen MR) is 115 cm³/mol. The van der Waals surface area contributed by atoms with E-state index in [9.17, 15) is 18.3 Å². The molecule has 4 rings (SSSR count). The van der Waals surface area contributed by atoms with E-state index in [0.29, 0.717) is 19.3 Å². The molecule has 0 amide bonds. The summed E-state index contributed by atoms with van der Waals surface area (Å²) >= 11 is 0. The summed E-state index contributed by atoms with van der Waals surface area (Å²) in [6.45, 7) is -3.18. The van der Waals surface area contributed by atoms with Gasteiger partial charge in [0, 0.05) is 50.0 Å². The number of aliphatic hydroxyl groups is 1. The van der Waals surface area contributed by atoms with E-state index >= 15 is 0 Å². The van der Waals surface area contributed by atoms with Crippen molar-refractivity contribution in [1.82, 2.24) is 18.8 Å². The zero-order valence-electron chi connectivity index (χ0n) is 26.2. The number of anilines is 1. The number of hydrogen-bond acceptors (Lipinski definition) is 7. The van der Waals surface area contributed by atoms with Crippen LogP contribution in [0.2, 0.25) is 0 Å². The quantitative estimate of drug-likeness (QED) is 0.731. The van der Waals surface area contributed by atoms with Crippen LogP contribution < -0.4 is 10.9 Å². The Morgan fingerprint density at radius 3 is 2.80 bits per heavy atom. The van der Waals surface area contributed by atoms with E-state index in [1.807, 2.05) is 0 Å². The molecule has 2 aliphatic rings. The molecule has 1 saturated heterocycles. The highest BCUT2D eigenvalue weighted by Gasteiger charge is 2.39. The van der Waals surface area contributed by atoms with E-state index in [-0.39, 0.29) is 21.3 Å². The van der Waals surface area contributed by atoms with Crippen molar-refractivity contribution < 1.29 is 27.2 Å². The molecule has 10 heteroatoms. The minimum atomic E-state index is -5.03. The average molecular weight is 446 g/mol. The standard InChI is InChI=1S/C20H29N5O4S/c1-13-11-14-12-21-19(22-15-6-9-24(10-7-15)30(3,28)29)23-17(14)25(18(13)26)16-5-4-8-20(16,2)27/h11-12,15-16,27H,4-10H2,1-3H3,(H,21,22,23)/t16-,20-/m1/s1/i1D3,3D3,6D2,7D2. The molecular formula is C20H29N5O4S. The van der Waals surface area contributed by atoms with Gasteiger partial charge in [0.15, 0.2) is 0 Å². The lowest BCUT2D eigenvalue weighted by Crippen LogP contribution is -2.42. The van der Waals surface area contributed by atoms with Gasteiger partial charge >= 0.3 is 0 Å². The number of sulfonamides is 1. The Morgan fingerprint density at radius 2 is 2.17 bits per heavy atom. The van der Waals surface area contributed by atoms with Gasteiger partial charge in [0.2, 0.25) is 16.0 Å². The first-order valence-electron chi connectivity index (χ1n) is 14.4. The zero-order chi connectivity index (χ0) is 30.3. The van der Waals surface area contributed by atoms with Crippen LogP contribution in [0, 0.1) is 6.85 Å². The van der Waals surface area contributed by atoms with Crippen molar-refractivity contribution in [2.45, 2.75) is 63.5 Å². The molecule has 2 aromatic rings. The Hall–Kier alpha value is -2.04. The van der Waals surface area contributed by atoms with Crippen LogP contribution in [0.25, 0.3) is 11.0 Å². The molecule has 0 aromatic carbocycles. The minimum Gasteiger partial charge on any atom is -0.388 e. The lowest BCUT2D eigenvalue weighted by molar-refractivity contribution is 0.0266. The topological polar surface area (TPSA) is 117 Å². The number of nitrogens with one attached hydrogen (secondary N) is 1. The molecule has 1 aliphatic heterocycles. The molecule has 0 bridgehead atoms. The summed E-state index contributed by atoms with van der Waals surface area (Å²) < 4.78 is 105. The molecule has 2 fully saturated rings. The fourth-order valence-electron chi connectivity index (χ4n) is 3.93. The molecule has 2 N–H and O–H groups in total. The van der Waals surface area contributed by atoms with Crippen molar-refractivity contribution in [3.63, 3.8) is 0 Å². The van der Waals surface area contributed by atoms with Gasteiger partial charge < -0.3 is 10.4 Å². The first-order chi connectivity index (χ1) is 18.0. The number of hydrogen-bond donors (Lipinski definition) is 2. The second-order valence-electron chi connectivity index (χ2n) is 7.73. The maximum Gasteiger partial charge on any atom is 0.255 e. The van der Waals surface area contributed by atoms with Gasteiger partial charge in [-0.05, 0) is 51.9 Å². The van der Waals surface area contributed by atoms with Crippen LogP contribution >= 0.6 is 0 Å². The predicted octanol–water partition coefficient (Wildman–Crippen LogP) is 1.41. The van der Waals surface area contributed by atoms with Crippen LogP contribution in [0.3, 0.4) is 0 Å². The van der Waals surface area contributed by atoms with E-state index in [0.717, 1.165) is 10.6 Å². The van der Waals surface area contributed by atoms with Crippen molar-refractivity contribution in [3.05, 3.63) is 28.2 Å². The zero-order valence-corrected chi connectivity index (χ0v) is 17.0. The lowest BCUT2D eigenvalue weighted by Gasteiger charge is -2.31. The molecule has 164 valence electrons. The van der Waals surface area contributed by atoms with E-state index in [4.69, 9.17) is 13.7 Å². The van der Waals surface area contributed by atoms with Gasteiger partial charge in [-0.15, -0.1) is 0 Å². The molecule has 2 atom stereocenters. The minimum absolute atomic E-state index is 0.0637. The van der Waals surface area contributed by atoms with Crippen molar-refractivity contribution in [2.24, 2.45) is 0 Å². The van der Waals surface area contributed by atoms with Gasteiger partial charge in [0.05, 0.1) is 17.8 Å². The van der Waals surface area contributed by atoms with E-state index in [2.05, 4.69) is 15.3 Å². The number of rotatable bonds is 4. The van der Waals surface area contributed by atoms with Gasteiger partial charge in [-0.2, -0.15) is 4.98 Å². The van der Waals surface area contributed by atoms with Gasteiger partial charge in [0.25, 0.3) is 5.56 Å². The molecule has 0 spiro atoms. The number of pyridine rings is 1. The summed E-state index contributed by atoms with van der Waals surface area (Å²) in [6, 6.07) is -1.47. The van der Waals surface area contributed by atoms with Crippen LogP contribution in [-0.2, 0) is 10.0 Å². The number of piperidine rings is 1. The highest BCUT2D eigenvalue weighted by Crippen LogP contribution is 2.39. The molecule has 9 nitrogen and oxygen atoms in total. The van der Waals surface area contributed by atoms with Crippen LogP contribution in [0.5, 0.6) is 0 Å². The van der Waals surface area contributed by atoms with Crippen molar-refractivity contribution in [2.75, 3.05) is 24.6 Å². The summed E-state index contributed by atoms with van der Waals surface area (Å²) in [7, 11) is -5.03. The number of aryl methyl sites for hydroxylation is 1. The molecular weight excluding hydrogens is 406 g/mol. The molecule has 1 saturated carbocycles. The molecule has 3 heterocycles. The number of fused-ring (bicyclic) bond motifs is 1. The number of nitrogens with zero attached hydrogens (tertiary/aromatic N) is 4. The second kappa shape index (κ2) is 7.58. The fraction of sp³-hybridized carbons (Fsp3) is 0.650. The van der Waals surface area contributed by atoms with Crippen LogP contribution in [0.15, 0.2) is 17.1 Å². The molecule has 0 radical (unpaired) electrons. The van der Waals surface area contributed by atoms with Crippen molar-refractivity contribution in [3.8, 4) is 0 Å². The SMILES string of the molecule is [2H]C([2H])([2H])c1cc2cnc(NC3C([2H])([2H])CN(S(=O)(=O)C([2H])([2H])[2H])CC3([2H])[2H])nc2n([C@@H]2CCC[C@@]2(C)O)c1=O. The Morgan fingerprint density at radius 1 is 1.40 bits per heavy atom. The smallest absolute Gasteiger partial charge is 0.255 e. The van der Waals surface area contributed by atoms with Gasteiger partial charge in [-0.1, -0.05) is 0 Å². The molecule has 30 heavy (non-hydrogen) atoms. The molecule has 1 aliphatic carbocycles. The maximum absolute atomic E-state index is 13.4. The Balaban J connectivity index is 1.80. The normalized spacial score (nSPS) is 35.5. The van der Waals surface area contributed by atoms with Crippen LogP contribution in [0.1, 0.15) is 64.2 Å². The third-order valence-corrected chi connectivity index (χ3v) is 6.46. The van der Waals surface area contributed by atoms with Crippen molar-refractivity contribution in [1.29, 1.82) is 0 Å². The monoisotopic (exact) mass is 445 g/mol. The highest BCUT2D eigenvalue weighted by atomic mass is 32.2. The third-order valence-electron chi connectivity index (χ3n) is 5.52. The summed E-state index contributed by atoms with van der Waals surface area (Å²) in [5.74, 6) is -0.343. The Bertz CT molecular complexity index is 1470. The van der Waals surface area contributed by atoms with Crippen molar-refractivity contribution >= 4 is 27.0 Å². The molecule has 0 unspecified atom stereocenters. The largest absolute Gasteiger partial charge is 0.388 e. The van der Waals surface area contributed by atoms with Gasteiger partial charge in [-0.3, -0.25) is 9.36 Å². The Kier molecular flexibility index (Phi) is 3.06. The maximum atomic E-state index is 13.4. The van der Waals surface area contributed by atoms with E-state index < -0.39 is 77.7 Å². The first kappa shape index (κ1) is 12.1. The summed E-state index contributed by atoms with van der Waals surface area (Å²) in [5.41, 5.74) is -2.81. The Labute approximate surface area is 190 Å². The second-order valence-corrected chi connectivity index (χ2v) is 9.20. The first-order valence-corrected chi connectivity index (χ1v) is 10.8. The summed E-state index contributed by atoms with van der Waals surface area (Å²) in [4.78, 5) is 21.8. The fourth-order valence-corrected chi connectivity index (χ4v) is 4.42.